The van der Waals surface area contributed by atoms with Crippen LogP contribution in [-0.2, 0) is 4.74 Å². The zero-order valence-corrected chi connectivity index (χ0v) is 13.0. The van der Waals surface area contributed by atoms with Crippen LogP contribution in [0.5, 0.6) is 5.75 Å². The Kier molecular flexibility index (Phi) is 4.03. The van der Waals surface area contributed by atoms with Crippen molar-refractivity contribution in [1.82, 2.24) is 0 Å². The molecule has 0 amide bonds. The van der Waals surface area contributed by atoms with Gasteiger partial charge in [0.05, 0.1) is 19.3 Å². The Labute approximate surface area is 135 Å². The molecule has 1 atom stereocenters. The number of epoxide rings is 1. The van der Waals surface area contributed by atoms with Crippen LogP contribution in [0.2, 0.25) is 0 Å². The smallest absolute Gasteiger partial charge is 0.138 e. The minimum absolute atomic E-state index is 0.519. The monoisotopic (exact) mass is 308 g/mol. The summed E-state index contributed by atoms with van der Waals surface area (Å²) in [6.07, 6.45) is 3.89. The van der Waals surface area contributed by atoms with Gasteiger partial charge in [0.25, 0.3) is 0 Å². The highest BCUT2D eigenvalue weighted by Gasteiger charge is 2.20. The van der Waals surface area contributed by atoms with Crippen LogP contribution in [0, 0.1) is 0 Å². The van der Waals surface area contributed by atoms with E-state index in [9.17, 15) is 0 Å². The van der Waals surface area contributed by atoms with Crippen molar-refractivity contribution in [1.29, 1.82) is 0 Å². The Bertz CT molecular complexity index is 772. The van der Waals surface area contributed by atoms with E-state index in [1.54, 1.807) is 0 Å². The van der Waals surface area contributed by atoms with Crippen LogP contribution in [0.3, 0.4) is 0 Å². The van der Waals surface area contributed by atoms with Crippen LogP contribution < -0.4 is 4.74 Å². The van der Waals surface area contributed by atoms with E-state index in [1.165, 1.54) is 0 Å². The first kappa shape index (κ1) is 14.3. The van der Waals surface area contributed by atoms with Gasteiger partial charge in [-0.3, -0.25) is 0 Å². The van der Waals surface area contributed by atoms with Gasteiger partial charge < -0.3 is 13.9 Å². The van der Waals surface area contributed by atoms with Crippen molar-refractivity contribution in [2.75, 3.05) is 13.2 Å². The third kappa shape index (κ3) is 3.57. The van der Waals surface area contributed by atoms with Crippen LogP contribution >= 0.6 is 0 Å². The number of unbranched alkanes of at least 4 members (excludes halogenated alkanes) is 1. The standard InChI is InChI=1S/C20H20O3/c1-2-6-15(7-3-1)19-12-16-9-10-17(13-20(16)23-19)21-11-5-4-8-18-14-22-18/h1-3,6-7,9-10,12-13,18H,4-5,8,11,14H2. The number of rotatable bonds is 7. The molecular weight excluding hydrogens is 288 g/mol. The first-order valence-electron chi connectivity index (χ1n) is 8.22. The Morgan fingerprint density at radius 1 is 1.00 bits per heavy atom. The molecule has 1 aliphatic rings. The second kappa shape index (κ2) is 6.47. The normalized spacial score (nSPS) is 16.6. The predicted molar refractivity (Wildman–Crippen MR) is 90.7 cm³/mol. The summed E-state index contributed by atoms with van der Waals surface area (Å²) in [6, 6.07) is 18.3. The summed E-state index contributed by atoms with van der Waals surface area (Å²) in [5.74, 6) is 1.76. The highest BCUT2D eigenvalue weighted by Crippen LogP contribution is 2.30. The van der Waals surface area contributed by atoms with E-state index in [0.717, 1.165) is 60.5 Å². The summed E-state index contributed by atoms with van der Waals surface area (Å²) in [6.45, 7) is 1.68. The minimum atomic E-state index is 0.519. The van der Waals surface area contributed by atoms with Crippen LogP contribution in [0.4, 0.5) is 0 Å². The van der Waals surface area contributed by atoms with Gasteiger partial charge in [-0.25, -0.2) is 0 Å². The van der Waals surface area contributed by atoms with Gasteiger partial charge >= 0.3 is 0 Å². The van der Waals surface area contributed by atoms with Crippen LogP contribution in [0.25, 0.3) is 22.3 Å². The van der Waals surface area contributed by atoms with Crippen molar-refractivity contribution in [2.45, 2.75) is 25.4 Å². The van der Waals surface area contributed by atoms with Gasteiger partial charge in [-0.05, 0) is 37.5 Å². The fourth-order valence-electron chi connectivity index (χ4n) is 2.74. The quantitative estimate of drug-likeness (QED) is 0.452. The third-order valence-electron chi connectivity index (χ3n) is 4.14. The third-order valence-corrected chi connectivity index (χ3v) is 4.14. The zero-order chi connectivity index (χ0) is 15.5. The van der Waals surface area contributed by atoms with E-state index < -0.39 is 0 Å². The maximum absolute atomic E-state index is 5.97. The molecule has 0 aliphatic carbocycles. The average Bonchev–Trinajstić information content (AvgIpc) is 3.32. The Balaban J connectivity index is 1.40. The van der Waals surface area contributed by atoms with E-state index in [4.69, 9.17) is 13.9 Å². The Morgan fingerprint density at radius 2 is 1.87 bits per heavy atom. The molecule has 3 aromatic rings. The molecule has 0 bridgehead atoms. The molecule has 1 aromatic heterocycles. The molecule has 0 N–H and O–H groups in total. The molecule has 2 heterocycles. The number of furan rings is 1. The van der Waals surface area contributed by atoms with E-state index in [-0.39, 0.29) is 0 Å². The first-order chi connectivity index (χ1) is 11.4. The lowest BCUT2D eigenvalue weighted by Crippen LogP contribution is -1.98. The van der Waals surface area contributed by atoms with E-state index >= 15 is 0 Å². The number of hydrogen-bond acceptors (Lipinski definition) is 3. The molecule has 1 fully saturated rings. The van der Waals surface area contributed by atoms with Crippen molar-refractivity contribution in [3.05, 3.63) is 54.6 Å². The van der Waals surface area contributed by atoms with E-state index in [2.05, 4.69) is 24.3 Å². The van der Waals surface area contributed by atoms with Gasteiger partial charge in [0.15, 0.2) is 0 Å². The largest absolute Gasteiger partial charge is 0.493 e. The molecule has 4 rings (SSSR count). The van der Waals surface area contributed by atoms with Crippen molar-refractivity contribution in [3.63, 3.8) is 0 Å². The molecule has 1 saturated heterocycles. The lowest BCUT2D eigenvalue weighted by Gasteiger charge is -2.05. The van der Waals surface area contributed by atoms with Gasteiger partial charge in [-0.2, -0.15) is 0 Å². The van der Waals surface area contributed by atoms with Crippen LogP contribution in [0.15, 0.2) is 59.0 Å². The maximum Gasteiger partial charge on any atom is 0.138 e. The van der Waals surface area contributed by atoms with Crippen LogP contribution in [-0.4, -0.2) is 19.3 Å². The first-order valence-corrected chi connectivity index (χ1v) is 8.22. The summed E-state index contributed by atoms with van der Waals surface area (Å²) in [7, 11) is 0. The maximum atomic E-state index is 5.97. The van der Waals surface area contributed by atoms with E-state index in [1.807, 2.05) is 30.3 Å². The highest BCUT2D eigenvalue weighted by molar-refractivity contribution is 5.83. The summed E-state index contributed by atoms with van der Waals surface area (Å²) >= 11 is 0. The molecule has 118 valence electrons. The molecule has 1 unspecified atom stereocenters. The molecule has 3 heteroatoms. The fourth-order valence-corrected chi connectivity index (χ4v) is 2.74. The summed E-state index contributed by atoms with van der Waals surface area (Å²) in [4.78, 5) is 0. The number of ether oxygens (including phenoxy) is 2. The van der Waals surface area contributed by atoms with E-state index in [0.29, 0.717) is 6.10 Å². The molecule has 3 nitrogen and oxygen atoms in total. The average molecular weight is 308 g/mol. The molecule has 0 spiro atoms. The summed E-state index contributed by atoms with van der Waals surface area (Å²) in [5.41, 5.74) is 1.96. The molecular formula is C20H20O3. The van der Waals surface area contributed by atoms with Crippen molar-refractivity contribution in [3.8, 4) is 17.1 Å². The van der Waals surface area contributed by atoms with Gasteiger partial charge in [0.2, 0.25) is 0 Å². The fraction of sp³-hybridized carbons (Fsp3) is 0.300. The number of fused-ring (bicyclic) bond motifs is 1. The van der Waals surface area contributed by atoms with Crippen molar-refractivity contribution >= 4 is 11.0 Å². The molecule has 2 aromatic carbocycles. The van der Waals surface area contributed by atoms with Gasteiger partial charge in [-0.15, -0.1) is 0 Å². The van der Waals surface area contributed by atoms with Gasteiger partial charge in [0, 0.05) is 17.0 Å². The predicted octanol–water partition coefficient (Wildman–Crippen LogP) is 5.05. The summed E-state index contributed by atoms with van der Waals surface area (Å²) in [5, 5.41) is 1.10. The number of benzene rings is 2. The van der Waals surface area contributed by atoms with Crippen molar-refractivity contribution < 1.29 is 13.9 Å². The second-order valence-electron chi connectivity index (χ2n) is 5.98. The van der Waals surface area contributed by atoms with Crippen molar-refractivity contribution in [2.24, 2.45) is 0 Å². The zero-order valence-electron chi connectivity index (χ0n) is 13.0. The summed E-state index contributed by atoms with van der Waals surface area (Å²) < 4.78 is 17.0. The number of hydrogen-bond donors (Lipinski definition) is 0. The highest BCUT2D eigenvalue weighted by atomic mass is 16.6. The van der Waals surface area contributed by atoms with Gasteiger partial charge in [-0.1, -0.05) is 30.3 Å². The molecule has 23 heavy (non-hydrogen) atoms. The Hall–Kier alpha value is -2.26. The molecule has 0 radical (unpaired) electrons. The van der Waals surface area contributed by atoms with Gasteiger partial charge in [0.1, 0.15) is 17.1 Å². The topological polar surface area (TPSA) is 34.9 Å². The molecule has 1 aliphatic heterocycles. The van der Waals surface area contributed by atoms with Crippen LogP contribution in [0.1, 0.15) is 19.3 Å². The lowest BCUT2D eigenvalue weighted by molar-refractivity contribution is 0.299. The Morgan fingerprint density at radius 3 is 2.70 bits per heavy atom. The second-order valence-corrected chi connectivity index (χ2v) is 5.98. The SMILES string of the molecule is c1ccc(-c2cc3ccc(OCCCCC4CO4)cc3o2)cc1. The minimum Gasteiger partial charge on any atom is -0.493 e. The molecule has 0 saturated carbocycles. The lowest BCUT2D eigenvalue weighted by atomic mass is 10.1.